The maximum Gasteiger partial charge on any atom is 0.251 e. The van der Waals surface area contributed by atoms with Crippen molar-refractivity contribution >= 4 is 35.8 Å². The third kappa shape index (κ3) is 7.34. The summed E-state index contributed by atoms with van der Waals surface area (Å²) in [4.78, 5) is 16.2. The first-order valence-corrected chi connectivity index (χ1v) is 8.12. The molecule has 1 heterocycles. The van der Waals surface area contributed by atoms with E-state index >= 15 is 0 Å². The number of ether oxygens (including phenoxy) is 1. The SMILES string of the molecule is CN=C(NCCNC(=O)c1cccc(OC)c1)NCCc1ccco1.I. The fraction of sp³-hybridized carbons (Fsp3) is 0.333. The number of methoxy groups -OCH3 is 1. The van der Waals surface area contributed by atoms with Crippen LogP contribution in [0.5, 0.6) is 5.75 Å². The molecular weight excluding hydrogens is 447 g/mol. The molecule has 1 aromatic carbocycles. The van der Waals surface area contributed by atoms with Crippen LogP contribution in [-0.4, -0.2) is 45.7 Å². The van der Waals surface area contributed by atoms with E-state index in [4.69, 9.17) is 9.15 Å². The number of rotatable bonds is 8. The van der Waals surface area contributed by atoms with Crippen LogP contribution in [-0.2, 0) is 6.42 Å². The Labute approximate surface area is 170 Å². The number of hydrogen-bond donors (Lipinski definition) is 3. The average molecular weight is 472 g/mol. The molecule has 8 heteroatoms. The second-order valence-corrected chi connectivity index (χ2v) is 5.24. The second-order valence-electron chi connectivity index (χ2n) is 5.24. The highest BCUT2D eigenvalue weighted by molar-refractivity contribution is 14.0. The van der Waals surface area contributed by atoms with Crippen molar-refractivity contribution in [1.29, 1.82) is 0 Å². The summed E-state index contributed by atoms with van der Waals surface area (Å²) in [6, 6.07) is 10.9. The monoisotopic (exact) mass is 472 g/mol. The van der Waals surface area contributed by atoms with Crippen LogP contribution in [0.2, 0.25) is 0 Å². The minimum Gasteiger partial charge on any atom is -0.497 e. The van der Waals surface area contributed by atoms with Crippen LogP contribution in [0.15, 0.2) is 52.1 Å². The third-order valence-corrected chi connectivity index (χ3v) is 3.50. The summed E-state index contributed by atoms with van der Waals surface area (Å²) in [5.41, 5.74) is 0.570. The van der Waals surface area contributed by atoms with Crippen LogP contribution in [0, 0.1) is 0 Å². The van der Waals surface area contributed by atoms with E-state index in [1.807, 2.05) is 12.1 Å². The Kier molecular flexibility index (Phi) is 10.2. The Balaban J connectivity index is 0.00000338. The first-order chi connectivity index (χ1) is 12.2. The minimum absolute atomic E-state index is 0. The first kappa shape index (κ1) is 21.8. The number of hydrogen-bond acceptors (Lipinski definition) is 4. The van der Waals surface area contributed by atoms with Gasteiger partial charge in [0, 0.05) is 38.7 Å². The van der Waals surface area contributed by atoms with Gasteiger partial charge in [-0.05, 0) is 30.3 Å². The van der Waals surface area contributed by atoms with Crippen molar-refractivity contribution in [3.05, 3.63) is 54.0 Å². The lowest BCUT2D eigenvalue weighted by Crippen LogP contribution is -2.42. The third-order valence-electron chi connectivity index (χ3n) is 3.50. The maximum atomic E-state index is 12.1. The van der Waals surface area contributed by atoms with Gasteiger partial charge in [0.25, 0.3) is 5.91 Å². The van der Waals surface area contributed by atoms with Crippen molar-refractivity contribution in [3.8, 4) is 5.75 Å². The van der Waals surface area contributed by atoms with E-state index in [-0.39, 0.29) is 29.9 Å². The number of halogens is 1. The van der Waals surface area contributed by atoms with Crippen molar-refractivity contribution in [2.75, 3.05) is 33.8 Å². The molecule has 1 amide bonds. The molecule has 0 saturated carbocycles. The number of nitrogens with zero attached hydrogens (tertiary/aromatic N) is 1. The zero-order valence-electron chi connectivity index (χ0n) is 15.0. The van der Waals surface area contributed by atoms with Gasteiger partial charge >= 0.3 is 0 Å². The van der Waals surface area contributed by atoms with E-state index in [1.54, 1.807) is 44.7 Å². The van der Waals surface area contributed by atoms with Gasteiger partial charge in [0.05, 0.1) is 13.4 Å². The lowest BCUT2D eigenvalue weighted by Gasteiger charge is -2.12. The van der Waals surface area contributed by atoms with E-state index in [2.05, 4.69) is 20.9 Å². The summed E-state index contributed by atoms with van der Waals surface area (Å²) in [5, 5.41) is 9.19. The van der Waals surface area contributed by atoms with Gasteiger partial charge in [0.15, 0.2) is 5.96 Å². The summed E-state index contributed by atoms with van der Waals surface area (Å²) in [6.07, 6.45) is 2.44. The number of guanidine groups is 1. The molecule has 0 saturated heterocycles. The summed E-state index contributed by atoms with van der Waals surface area (Å²) < 4.78 is 10.4. The van der Waals surface area contributed by atoms with Crippen LogP contribution >= 0.6 is 24.0 Å². The fourth-order valence-electron chi connectivity index (χ4n) is 2.20. The van der Waals surface area contributed by atoms with Gasteiger partial charge in [-0.1, -0.05) is 6.07 Å². The standard InChI is InChI=1S/C18H24N4O3.HI/c1-19-18(21-9-8-15-7-4-12-25-15)22-11-10-20-17(23)14-5-3-6-16(13-14)24-2;/h3-7,12-13H,8-11H2,1-2H3,(H,20,23)(H2,19,21,22);1H. The molecule has 3 N–H and O–H groups in total. The van der Waals surface area contributed by atoms with Crippen LogP contribution in [0.25, 0.3) is 0 Å². The van der Waals surface area contributed by atoms with Gasteiger partial charge in [-0.25, -0.2) is 0 Å². The molecule has 0 spiro atoms. The minimum atomic E-state index is -0.138. The number of amides is 1. The topological polar surface area (TPSA) is 87.9 Å². The van der Waals surface area contributed by atoms with Gasteiger partial charge in [0.2, 0.25) is 0 Å². The zero-order valence-corrected chi connectivity index (χ0v) is 17.3. The van der Waals surface area contributed by atoms with Crippen molar-refractivity contribution in [3.63, 3.8) is 0 Å². The average Bonchev–Trinajstić information content (AvgIpc) is 3.17. The Hall–Kier alpha value is -2.23. The number of nitrogens with one attached hydrogen (secondary N) is 3. The van der Waals surface area contributed by atoms with Crippen molar-refractivity contribution < 1.29 is 13.9 Å². The Morgan fingerprint density at radius 2 is 1.88 bits per heavy atom. The van der Waals surface area contributed by atoms with Gasteiger partial charge in [-0.15, -0.1) is 24.0 Å². The number of benzene rings is 1. The molecule has 0 radical (unpaired) electrons. The van der Waals surface area contributed by atoms with Crippen molar-refractivity contribution in [2.45, 2.75) is 6.42 Å². The van der Waals surface area contributed by atoms with Crippen LogP contribution < -0.4 is 20.7 Å². The summed E-state index contributed by atoms with van der Waals surface area (Å²) in [5.74, 6) is 2.13. The Morgan fingerprint density at radius 3 is 2.58 bits per heavy atom. The van der Waals surface area contributed by atoms with Crippen molar-refractivity contribution in [1.82, 2.24) is 16.0 Å². The molecule has 0 bridgehead atoms. The van der Waals surface area contributed by atoms with E-state index < -0.39 is 0 Å². The fourth-order valence-corrected chi connectivity index (χ4v) is 2.20. The lowest BCUT2D eigenvalue weighted by molar-refractivity contribution is 0.0954. The smallest absolute Gasteiger partial charge is 0.251 e. The molecule has 0 unspecified atom stereocenters. The predicted molar refractivity (Wildman–Crippen MR) is 113 cm³/mol. The Bertz CT molecular complexity index is 690. The molecule has 2 rings (SSSR count). The molecule has 0 aliphatic heterocycles. The molecule has 0 aliphatic rings. The van der Waals surface area contributed by atoms with E-state index in [9.17, 15) is 4.79 Å². The van der Waals surface area contributed by atoms with Gasteiger partial charge in [0.1, 0.15) is 11.5 Å². The lowest BCUT2D eigenvalue weighted by atomic mass is 10.2. The van der Waals surface area contributed by atoms with Crippen LogP contribution in [0.1, 0.15) is 16.1 Å². The largest absolute Gasteiger partial charge is 0.497 e. The van der Waals surface area contributed by atoms with Crippen LogP contribution in [0.3, 0.4) is 0 Å². The highest BCUT2D eigenvalue weighted by Crippen LogP contribution is 2.12. The quantitative estimate of drug-likeness (QED) is 0.237. The Morgan fingerprint density at radius 1 is 1.12 bits per heavy atom. The second kappa shape index (κ2) is 12.2. The van der Waals surface area contributed by atoms with Crippen molar-refractivity contribution in [2.24, 2.45) is 4.99 Å². The molecule has 1 aromatic heterocycles. The van der Waals surface area contributed by atoms with Gasteiger partial charge in [-0.2, -0.15) is 0 Å². The highest BCUT2D eigenvalue weighted by Gasteiger charge is 2.06. The summed E-state index contributed by atoms with van der Waals surface area (Å²) >= 11 is 0. The summed E-state index contributed by atoms with van der Waals surface area (Å²) in [6.45, 7) is 1.76. The van der Waals surface area contributed by atoms with Gasteiger partial charge < -0.3 is 25.1 Å². The highest BCUT2D eigenvalue weighted by atomic mass is 127. The molecule has 0 aliphatic carbocycles. The molecule has 2 aromatic rings. The normalized spacial score (nSPS) is 10.6. The number of carbonyl (C=O) groups excluding carboxylic acids is 1. The van der Waals surface area contributed by atoms with Gasteiger partial charge in [-0.3, -0.25) is 9.79 Å². The molecule has 0 fully saturated rings. The molecule has 7 nitrogen and oxygen atoms in total. The molecule has 26 heavy (non-hydrogen) atoms. The van der Waals surface area contributed by atoms with E-state index in [0.29, 0.717) is 36.9 Å². The van der Waals surface area contributed by atoms with E-state index in [1.165, 1.54) is 0 Å². The molecular formula is C18H25IN4O3. The summed E-state index contributed by atoms with van der Waals surface area (Å²) in [7, 11) is 3.28. The predicted octanol–water partition coefficient (Wildman–Crippen LogP) is 2.04. The molecule has 142 valence electrons. The number of furan rings is 1. The first-order valence-electron chi connectivity index (χ1n) is 8.12. The van der Waals surface area contributed by atoms with E-state index in [0.717, 1.165) is 12.2 Å². The zero-order chi connectivity index (χ0) is 17.9. The maximum absolute atomic E-state index is 12.1. The molecule has 0 atom stereocenters. The number of carbonyl (C=O) groups is 1. The number of aliphatic imine (C=N–C) groups is 1. The van der Waals surface area contributed by atoms with Crippen LogP contribution in [0.4, 0.5) is 0 Å².